The van der Waals surface area contributed by atoms with E-state index in [0.717, 1.165) is 31.3 Å². The van der Waals surface area contributed by atoms with Gasteiger partial charge >= 0.3 is 0 Å². The molecule has 0 radical (unpaired) electrons. The number of anilines is 3. The molecule has 0 aromatic carbocycles. The zero-order chi connectivity index (χ0) is 20.2. The molecule has 29 heavy (non-hydrogen) atoms. The van der Waals surface area contributed by atoms with Gasteiger partial charge in [0.05, 0.1) is 0 Å². The molecule has 2 atom stereocenters. The molecule has 6 nitrogen and oxygen atoms in total. The minimum Gasteiger partial charge on any atom is -0.360 e. The standard InChI is InChI=1S/C22H36N6S/c1-16-8-7-12-27(15-16)19-14-20(28-13-6-5-9-17(28)2)25-21(24-19)26-22(29)23-18-10-3-4-11-18/h14,16-18H,3-13,15H2,1-2H3,(H2,23,24,25,26,29)/t16-,17+/m0/s1. The molecule has 1 aromatic heterocycles. The third-order valence-electron chi connectivity index (χ3n) is 6.69. The first kappa shape index (κ1) is 20.6. The van der Waals surface area contributed by atoms with E-state index >= 15 is 0 Å². The number of piperidine rings is 2. The minimum absolute atomic E-state index is 0.489. The SMILES string of the molecule is C[C@H]1CCCN(c2cc(N3CCCC[C@H]3C)nc(NC(=S)NC3CCCC3)n2)C1. The monoisotopic (exact) mass is 416 g/mol. The Morgan fingerprint density at radius 3 is 2.48 bits per heavy atom. The molecule has 160 valence electrons. The molecule has 0 unspecified atom stereocenters. The maximum atomic E-state index is 5.58. The summed E-state index contributed by atoms with van der Waals surface area (Å²) in [7, 11) is 0. The first-order valence-corrected chi connectivity index (χ1v) is 12.0. The molecule has 3 heterocycles. The summed E-state index contributed by atoms with van der Waals surface area (Å²) < 4.78 is 0. The zero-order valence-corrected chi connectivity index (χ0v) is 18.8. The Balaban J connectivity index is 1.55. The van der Waals surface area contributed by atoms with Gasteiger partial charge in [0.2, 0.25) is 5.95 Å². The quantitative estimate of drug-likeness (QED) is 0.709. The summed E-state index contributed by atoms with van der Waals surface area (Å²) in [4.78, 5) is 14.6. The van der Waals surface area contributed by atoms with Gasteiger partial charge in [0.15, 0.2) is 5.11 Å². The number of nitrogens with one attached hydrogen (secondary N) is 2. The van der Waals surface area contributed by atoms with Crippen molar-refractivity contribution in [3.8, 4) is 0 Å². The van der Waals surface area contributed by atoms with Gasteiger partial charge in [0.1, 0.15) is 11.6 Å². The van der Waals surface area contributed by atoms with Crippen LogP contribution in [0, 0.1) is 5.92 Å². The molecule has 1 saturated carbocycles. The van der Waals surface area contributed by atoms with Crippen molar-refractivity contribution in [3.63, 3.8) is 0 Å². The van der Waals surface area contributed by atoms with Crippen molar-refractivity contribution in [2.75, 3.05) is 34.8 Å². The van der Waals surface area contributed by atoms with Gasteiger partial charge < -0.3 is 20.4 Å². The molecule has 0 spiro atoms. The number of aromatic nitrogens is 2. The smallest absolute Gasteiger partial charge is 0.232 e. The molecule has 3 aliphatic rings. The molecule has 0 bridgehead atoms. The lowest BCUT2D eigenvalue weighted by molar-refractivity contribution is 0.444. The van der Waals surface area contributed by atoms with Gasteiger partial charge in [-0.25, -0.2) is 0 Å². The minimum atomic E-state index is 0.489. The fraction of sp³-hybridized carbons (Fsp3) is 0.773. The first-order valence-electron chi connectivity index (χ1n) is 11.6. The van der Waals surface area contributed by atoms with Crippen LogP contribution in [0.1, 0.15) is 71.6 Å². The number of rotatable bonds is 4. The van der Waals surface area contributed by atoms with Gasteiger partial charge in [0.25, 0.3) is 0 Å². The number of thiocarbonyl (C=S) groups is 1. The summed E-state index contributed by atoms with van der Waals surface area (Å²) in [6.45, 7) is 7.85. The Kier molecular flexibility index (Phi) is 6.73. The van der Waals surface area contributed by atoms with Gasteiger partial charge in [0, 0.05) is 37.8 Å². The van der Waals surface area contributed by atoms with E-state index in [1.165, 1.54) is 57.8 Å². The molecule has 1 aromatic rings. The van der Waals surface area contributed by atoms with Gasteiger partial charge in [-0.2, -0.15) is 9.97 Å². The normalized spacial score (nSPS) is 25.9. The summed E-state index contributed by atoms with van der Waals surface area (Å²) in [6.07, 6.45) is 11.3. The van der Waals surface area contributed by atoms with E-state index < -0.39 is 0 Å². The second kappa shape index (κ2) is 9.45. The summed E-state index contributed by atoms with van der Waals surface area (Å²) in [5.74, 6) is 3.40. The molecule has 2 aliphatic heterocycles. The van der Waals surface area contributed by atoms with E-state index in [-0.39, 0.29) is 0 Å². The maximum absolute atomic E-state index is 5.58. The van der Waals surface area contributed by atoms with E-state index in [0.29, 0.717) is 29.1 Å². The van der Waals surface area contributed by atoms with E-state index in [4.69, 9.17) is 22.2 Å². The first-order chi connectivity index (χ1) is 14.1. The zero-order valence-electron chi connectivity index (χ0n) is 18.0. The molecule has 2 N–H and O–H groups in total. The molecule has 7 heteroatoms. The fourth-order valence-corrected chi connectivity index (χ4v) is 5.27. The van der Waals surface area contributed by atoms with Gasteiger partial charge in [-0.05, 0) is 70.0 Å². The van der Waals surface area contributed by atoms with Crippen LogP contribution in [0.5, 0.6) is 0 Å². The molecular weight excluding hydrogens is 380 g/mol. The lowest BCUT2D eigenvalue weighted by Gasteiger charge is -2.36. The Bertz CT molecular complexity index is 705. The molecule has 4 rings (SSSR count). The van der Waals surface area contributed by atoms with Gasteiger partial charge in [-0.15, -0.1) is 0 Å². The average molecular weight is 417 g/mol. The van der Waals surface area contributed by atoms with Crippen LogP contribution in [0.2, 0.25) is 0 Å². The predicted octanol–water partition coefficient (Wildman–Crippen LogP) is 4.32. The second-order valence-corrected chi connectivity index (χ2v) is 9.63. The van der Waals surface area contributed by atoms with Crippen LogP contribution in [-0.4, -0.2) is 46.8 Å². The van der Waals surface area contributed by atoms with Crippen molar-refractivity contribution in [2.24, 2.45) is 5.92 Å². The molecule has 3 fully saturated rings. The van der Waals surface area contributed by atoms with Crippen LogP contribution >= 0.6 is 12.2 Å². The fourth-order valence-electron chi connectivity index (χ4n) is 5.02. The van der Waals surface area contributed by atoms with Crippen LogP contribution in [0.15, 0.2) is 6.07 Å². The highest BCUT2D eigenvalue weighted by atomic mass is 32.1. The van der Waals surface area contributed by atoms with E-state index in [9.17, 15) is 0 Å². The molecule has 1 aliphatic carbocycles. The van der Waals surface area contributed by atoms with Crippen LogP contribution < -0.4 is 20.4 Å². The Morgan fingerprint density at radius 2 is 1.72 bits per heavy atom. The summed E-state index contributed by atoms with van der Waals surface area (Å²) in [5, 5.41) is 7.40. The Morgan fingerprint density at radius 1 is 0.966 bits per heavy atom. The summed E-state index contributed by atoms with van der Waals surface area (Å²) >= 11 is 5.58. The van der Waals surface area contributed by atoms with Crippen LogP contribution in [0.3, 0.4) is 0 Å². The van der Waals surface area contributed by atoms with Crippen molar-refractivity contribution in [2.45, 2.75) is 83.7 Å². The summed E-state index contributed by atoms with van der Waals surface area (Å²) in [5.41, 5.74) is 0. The topological polar surface area (TPSA) is 56.3 Å². The molecule has 0 amide bonds. The van der Waals surface area contributed by atoms with Crippen LogP contribution in [-0.2, 0) is 0 Å². The number of hydrogen-bond donors (Lipinski definition) is 2. The van der Waals surface area contributed by atoms with E-state index in [1.54, 1.807) is 0 Å². The third kappa shape index (κ3) is 5.30. The van der Waals surface area contributed by atoms with Crippen molar-refractivity contribution < 1.29 is 0 Å². The maximum Gasteiger partial charge on any atom is 0.232 e. The van der Waals surface area contributed by atoms with Crippen LogP contribution in [0.4, 0.5) is 17.6 Å². The highest BCUT2D eigenvalue weighted by Crippen LogP contribution is 2.29. The van der Waals surface area contributed by atoms with Crippen molar-refractivity contribution in [1.29, 1.82) is 0 Å². The van der Waals surface area contributed by atoms with Gasteiger partial charge in [-0.1, -0.05) is 19.8 Å². The molecular formula is C22H36N6S. The number of nitrogens with zero attached hydrogens (tertiary/aromatic N) is 4. The lowest BCUT2D eigenvalue weighted by atomic mass is 10.0. The average Bonchev–Trinajstić information content (AvgIpc) is 3.21. The Labute approximate surface area is 180 Å². The molecule has 2 saturated heterocycles. The van der Waals surface area contributed by atoms with Crippen molar-refractivity contribution in [3.05, 3.63) is 6.07 Å². The van der Waals surface area contributed by atoms with E-state index in [1.807, 2.05) is 0 Å². The van der Waals surface area contributed by atoms with Crippen molar-refractivity contribution >= 4 is 34.9 Å². The highest BCUT2D eigenvalue weighted by Gasteiger charge is 2.24. The van der Waals surface area contributed by atoms with Crippen molar-refractivity contribution in [1.82, 2.24) is 15.3 Å². The van der Waals surface area contributed by atoms with E-state index in [2.05, 4.69) is 40.3 Å². The predicted molar refractivity (Wildman–Crippen MR) is 125 cm³/mol. The third-order valence-corrected chi connectivity index (χ3v) is 6.91. The Hall–Kier alpha value is -1.63. The second-order valence-electron chi connectivity index (χ2n) is 9.22. The van der Waals surface area contributed by atoms with Gasteiger partial charge in [-0.3, -0.25) is 0 Å². The lowest BCUT2D eigenvalue weighted by Crippen LogP contribution is -2.40. The van der Waals surface area contributed by atoms with Crippen LogP contribution in [0.25, 0.3) is 0 Å². The largest absolute Gasteiger partial charge is 0.360 e. The summed E-state index contributed by atoms with van der Waals surface area (Å²) in [6, 6.07) is 3.20. The number of hydrogen-bond acceptors (Lipinski definition) is 5. The highest BCUT2D eigenvalue weighted by molar-refractivity contribution is 7.80.